The van der Waals surface area contributed by atoms with E-state index < -0.39 is 11.9 Å². The molecule has 6 rings (SSSR count). The van der Waals surface area contributed by atoms with Crippen molar-refractivity contribution in [3.05, 3.63) is 48.0 Å². The monoisotopic (exact) mass is 376 g/mol. The minimum absolute atomic E-state index is 0.0659. The van der Waals surface area contributed by atoms with Crippen molar-refractivity contribution in [2.24, 2.45) is 28.9 Å². The standard InChI is InChI=1S/C24H28N2O2/c25-22(27)21(11-15-5-6-19-3-1-2-4-20(19)10-15)26-23(28)24-12-16-7-17(13-24)9-18(8-16)14-24/h1-6,10,16-18,21H,7-9,11-14H2,(H2,25,27)(H,26,28)/t16?,17?,18?,21-,24?/m1/s1. The number of hydrogen-bond acceptors (Lipinski definition) is 2. The Morgan fingerprint density at radius 3 is 2.18 bits per heavy atom. The molecule has 4 nitrogen and oxygen atoms in total. The summed E-state index contributed by atoms with van der Waals surface area (Å²) >= 11 is 0. The van der Waals surface area contributed by atoms with E-state index in [0.717, 1.165) is 30.2 Å². The summed E-state index contributed by atoms with van der Waals surface area (Å²) in [6.45, 7) is 0. The van der Waals surface area contributed by atoms with Crippen molar-refractivity contribution in [1.29, 1.82) is 0 Å². The van der Waals surface area contributed by atoms with Crippen LogP contribution in [0, 0.1) is 23.2 Å². The highest BCUT2D eigenvalue weighted by atomic mass is 16.2. The largest absolute Gasteiger partial charge is 0.368 e. The predicted octanol–water partition coefficient (Wildman–Crippen LogP) is 3.57. The molecule has 0 spiro atoms. The van der Waals surface area contributed by atoms with Crippen LogP contribution in [-0.2, 0) is 16.0 Å². The van der Waals surface area contributed by atoms with Gasteiger partial charge >= 0.3 is 0 Å². The molecule has 0 radical (unpaired) electrons. The first-order chi connectivity index (χ1) is 13.5. The zero-order valence-electron chi connectivity index (χ0n) is 16.2. The van der Waals surface area contributed by atoms with Crippen molar-refractivity contribution < 1.29 is 9.59 Å². The van der Waals surface area contributed by atoms with Gasteiger partial charge in [0.2, 0.25) is 11.8 Å². The van der Waals surface area contributed by atoms with Crippen LogP contribution in [0.15, 0.2) is 42.5 Å². The molecule has 0 saturated heterocycles. The Hall–Kier alpha value is -2.36. The maximum atomic E-state index is 13.3. The van der Waals surface area contributed by atoms with Gasteiger partial charge in [0.15, 0.2) is 0 Å². The Morgan fingerprint density at radius 1 is 0.964 bits per heavy atom. The predicted molar refractivity (Wildman–Crippen MR) is 109 cm³/mol. The second kappa shape index (κ2) is 6.61. The maximum absolute atomic E-state index is 13.3. The van der Waals surface area contributed by atoms with Gasteiger partial charge in [-0.05, 0) is 72.6 Å². The summed E-state index contributed by atoms with van der Waals surface area (Å²) < 4.78 is 0. The molecule has 4 aliphatic carbocycles. The molecule has 4 aliphatic rings. The second-order valence-corrected chi connectivity index (χ2v) is 9.51. The first kappa shape index (κ1) is 17.7. The Kier molecular flexibility index (Phi) is 4.18. The number of fused-ring (bicyclic) bond motifs is 1. The Morgan fingerprint density at radius 2 is 1.57 bits per heavy atom. The van der Waals surface area contributed by atoms with E-state index in [1.54, 1.807) is 0 Å². The highest BCUT2D eigenvalue weighted by molar-refractivity contribution is 5.90. The molecule has 3 N–H and O–H groups in total. The van der Waals surface area contributed by atoms with Crippen molar-refractivity contribution in [3.63, 3.8) is 0 Å². The third kappa shape index (κ3) is 3.09. The molecule has 0 unspecified atom stereocenters. The zero-order valence-corrected chi connectivity index (χ0v) is 16.2. The highest BCUT2D eigenvalue weighted by Crippen LogP contribution is 2.60. The number of carbonyl (C=O) groups excluding carboxylic acids is 2. The summed E-state index contributed by atoms with van der Waals surface area (Å²) in [6, 6.07) is 13.7. The lowest BCUT2D eigenvalue weighted by Crippen LogP contribution is -2.57. The number of carbonyl (C=O) groups is 2. The molecule has 0 aromatic heterocycles. The lowest BCUT2D eigenvalue weighted by molar-refractivity contribution is -0.148. The van der Waals surface area contributed by atoms with Crippen molar-refractivity contribution in [3.8, 4) is 0 Å². The van der Waals surface area contributed by atoms with Crippen molar-refractivity contribution in [2.75, 3.05) is 0 Å². The number of nitrogens with one attached hydrogen (secondary N) is 1. The molecule has 0 aliphatic heterocycles. The summed E-state index contributed by atoms with van der Waals surface area (Å²) in [5, 5.41) is 5.36. The minimum atomic E-state index is -0.651. The highest BCUT2D eigenvalue weighted by Gasteiger charge is 2.54. The maximum Gasteiger partial charge on any atom is 0.240 e. The molecule has 146 valence electrons. The van der Waals surface area contributed by atoms with E-state index in [0.29, 0.717) is 24.2 Å². The molecule has 4 heteroatoms. The van der Waals surface area contributed by atoms with Crippen LogP contribution >= 0.6 is 0 Å². The van der Waals surface area contributed by atoms with Gasteiger partial charge in [-0.3, -0.25) is 9.59 Å². The van der Waals surface area contributed by atoms with Crippen LogP contribution in [0.4, 0.5) is 0 Å². The molecule has 2 aromatic carbocycles. The van der Waals surface area contributed by atoms with Crippen LogP contribution in [-0.4, -0.2) is 17.9 Å². The van der Waals surface area contributed by atoms with Crippen LogP contribution in [0.2, 0.25) is 0 Å². The summed E-state index contributed by atoms with van der Waals surface area (Å²) in [5.41, 5.74) is 6.45. The van der Waals surface area contributed by atoms with Crippen LogP contribution in [0.3, 0.4) is 0 Å². The van der Waals surface area contributed by atoms with Gasteiger partial charge in [0.05, 0.1) is 0 Å². The van der Waals surface area contributed by atoms with Crippen LogP contribution in [0.25, 0.3) is 10.8 Å². The number of benzene rings is 2. The van der Waals surface area contributed by atoms with Gasteiger partial charge in [-0.1, -0.05) is 42.5 Å². The number of nitrogens with two attached hydrogens (primary N) is 1. The lowest BCUT2D eigenvalue weighted by atomic mass is 9.49. The Bertz CT molecular complexity index is 900. The third-order valence-corrected chi connectivity index (χ3v) is 7.42. The van der Waals surface area contributed by atoms with Crippen molar-refractivity contribution in [2.45, 2.75) is 51.0 Å². The normalized spacial score (nSPS) is 31.6. The van der Waals surface area contributed by atoms with E-state index in [1.165, 1.54) is 24.6 Å². The summed E-state index contributed by atoms with van der Waals surface area (Å²) in [6.07, 6.45) is 7.30. The molecule has 4 bridgehead atoms. The smallest absolute Gasteiger partial charge is 0.240 e. The lowest BCUT2D eigenvalue weighted by Gasteiger charge is -2.55. The fourth-order valence-corrected chi connectivity index (χ4v) is 6.52. The molecule has 1 atom stereocenters. The summed E-state index contributed by atoms with van der Waals surface area (Å²) in [7, 11) is 0. The van der Waals surface area contributed by atoms with E-state index in [9.17, 15) is 9.59 Å². The SMILES string of the molecule is NC(=O)[C@@H](Cc1ccc2ccccc2c1)NC(=O)C12CC3CC(CC(C3)C1)C2. The van der Waals surface area contributed by atoms with Gasteiger partial charge in [0.1, 0.15) is 6.04 Å². The average molecular weight is 377 g/mol. The summed E-state index contributed by atoms with van der Waals surface area (Å²) in [5.74, 6) is 1.71. The molecule has 4 fully saturated rings. The quantitative estimate of drug-likeness (QED) is 0.837. The average Bonchev–Trinajstić information content (AvgIpc) is 2.66. The first-order valence-corrected chi connectivity index (χ1v) is 10.6. The zero-order chi connectivity index (χ0) is 19.3. The van der Waals surface area contributed by atoms with E-state index >= 15 is 0 Å². The van der Waals surface area contributed by atoms with E-state index in [2.05, 4.69) is 29.6 Å². The molecule has 28 heavy (non-hydrogen) atoms. The van der Waals surface area contributed by atoms with Gasteiger partial charge in [-0.15, -0.1) is 0 Å². The third-order valence-electron chi connectivity index (χ3n) is 7.42. The molecule has 2 aromatic rings. The molecule has 0 heterocycles. The number of rotatable bonds is 5. The topological polar surface area (TPSA) is 72.2 Å². The fraction of sp³-hybridized carbons (Fsp3) is 0.500. The molecular formula is C24H28N2O2. The van der Waals surface area contributed by atoms with Crippen LogP contribution < -0.4 is 11.1 Å². The van der Waals surface area contributed by atoms with Crippen LogP contribution in [0.5, 0.6) is 0 Å². The van der Waals surface area contributed by atoms with Gasteiger partial charge in [0.25, 0.3) is 0 Å². The Balaban J connectivity index is 1.34. The minimum Gasteiger partial charge on any atom is -0.368 e. The van der Waals surface area contributed by atoms with E-state index in [-0.39, 0.29) is 11.3 Å². The summed E-state index contributed by atoms with van der Waals surface area (Å²) in [4.78, 5) is 25.4. The number of amides is 2. The van der Waals surface area contributed by atoms with Gasteiger partial charge in [-0.25, -0.2) is 0 Å². The van der Waals surface area contributed by atoms with Crippen molar-refractivity contribution >= 4 is 22.6 Å². The van der Waals surface area contributed by atoms with E-state index in [4.69, 9.17) is 5.73 Å². The fourth-order valence-electron chi connectivity index (χ4n) is 6.52. The Labute approximate surface area is 165 Å². The molecule has 4 saturated carbocycles. The van der Waals surface area contributed by atoms with Gasteiger partial charge < -0.3 is 11.1 Å². The van der Waals surface area contributed by atoms with Crippen molar-refractivity contribution in [1.82, 2.24) is 5.32 Å². The van der Waals surface area contributed by atoms with Crippen LogP contribution in [0.1, 0.15) is 44.1 Å². The molecular weight excluding hydrogens is 348 g/mol. The second-order valence-electron chi connectivity index (χ2n) is 9.51. The van der Waals surface area contributed by atoms with Gasteiger partial charge in [0, 0.05) is 11.8 Å². The number of primary amides is 1. The molecule has 2 amide bonds. The first-order valence-electron chi connectivity index (χ1n) is 10.6. The van der Waals surface area contributed by atoms with Gasteiger partial charge in [-0.2, -0.15) is 0 Å². The number of hydrogen-bond donors (Lipinski definition) is 2. The van der Waals surface area contributed by atoms with E-state index in [1.807, 2.05) is 18.2 Å².